The number of ketones is 2. The van der Waals surface area contributed by atoms with Crippen molar-refractivity contribution in [3.63, 3.8) is 0 Å². The van der Waals surface area contributed by atoms with Gasteiger partial charge >= 0.3 is 0 Å². The molecular weight excluding hydrogens is 310 g/mol. The van der Waals surface area contributed by atoms with Crippen LogP contribution in [-0.2, 0) is 9.59 Å². The number of rotatable bonds is 10. The van der Waals surface area contributed by atoms with Gasteiger partial charge in [0.1, 0.15) is 0 Å². The SMILES string of the molecule is C=CN(CC)/N=N\C(C)CNC(C)(C)CC1(N=O)C(=O)C=CC1=O. The van der Waals surface area contributed by atoms with E-state index in [1.54, 1.807) is 11.2 Å². The first-order valence-electron chi connectivity index (χ1n) is 7.87. The quantitative estimate of drug-likeness (QED) is 0.285. The molecule has 8 heteroatoms. The summed E-state index contributed by atoms with van der Waals surface area (Å²) in [5.41, 5.74) is -2.50. The number of hydrogen-bond donors (Lipinski definition) is 1. The van der Waals surface area contributed by atoms with Crippen LogP contribution in [-0.4, -0.2) is 46.8 Å². The molecule has 0 saturated carbocycles. The number of hydrogen-bond acceptors (Lipinski definition) is 7. The van der Waals surface area contributed by atoms with Gasteiger partial charge in [0.2, 0.25) is 5.54 Å². The molecule has 0 aromatic rings. The van der Waals surface area contributed by atoms with Crippen molar-refractivity contribution < 1.29 is 9.59 Å². The smallest absolute Gasteiger partial charge is 0.227 e. The van der Waals surface area contributed by atoms with E-state index in [-0.39, 0.29) is 12.5 Å². The molecule has 24 heavy (non-hydrogen) atoms. The molecule has 0 amide bonds. The number of carbonyl (C=O) groups excluding carboxylic acids is 2. The number of carbonyl (C=O) groups is 2. The topological polar surface area (TPSA) is 104 Å². The molecule has 1 unspecified atom stereocenters. The lowest BCUT2D eigenvalue weighted by atomic mass is 9.81. The summed E-state index contributed by atoms with van der Waals surface area (Å²) in [7, 11) is 0. The lowest BCUT2D eigenvalue weighted by Gasteiger charge is -2.32. The lowest BCUT2D eigenvalue weighted by molar-refractivity contribution is -0.128. The standard InChI is InChI=1S/C16H25N5O3/c1-6-21(7-2)20-18-12(3)10-17-15(4,5)11-16(19-24)13(22)8-9-14(16)23/h6,8-9,12,17H,1,7,10-11H2,2-5H3/b20-18-. The van der Waals surface area contributed by atoms with Gasteiger partial charge in [0, 0.05) is 31.2 Å². The summed E-state index contributed by atoms with van der Waals surface area (Å²) in [6.45, 7) is 12.2. The summed E-state index contributed by atoms with van der Waals surface area (Å²) >= 11 is 0. The van der Waals surface area contributed by atoms with E-state index in [2.05, 4.69) is 27.4 Å². The minimum Gasteiger partial charge on any atom is -0.309 e. The fourth-order valence-electron chi connectivity index (χ4n) is 2.40. The van der Waals surface area contributed by atoms with E-state index in [1.165, 1.54) is 0 Å². The van der Waals surface area contributed by atoms with Crippen molar-refractivity contribution in [2.45, 2.75) is 51.2 Å². The van der Waals surface area contributed by atoms with Gasteiger partial charge in [-0.25, -0.2) is 0 Å². The Kier molecular flexibility index (Phi) is 6.65. The molecule has 1 rings (SSSR count). The van der Waals surface area contributed by atoms with Crippen LogP contribution in [0.3, 0.4) is 0 Å². The minimum atomic E-state index is -1.84. The van der Waals surface area contributed by atoms with E-state index in [4.69, 9.17) is 0 Å². The Hall–Kier alpha value is -2.22. The highest BCUT2D eigenvalue weighted by molar-refractivity contribution is 6.26. The minimum absolute atomic E-state index is 0.00816. The number of nitroso groups, excluding NO2 is 1. The van der Waals surface area contributed by atoms with Crippen LogP contribution in [0.4, 0.5) is 0 Å². The Morgan fingerprint density at radius 2 is 1.96 bits per heavy atom. The van der Waals surface area contributed by atoms with Gasteiger partial charge in [-0.1, -0.05) is 11.8 Å². The zero-order valence-electron chi connectivity index (χ0n) is 14.7. The van der Waals surface area contributed by atoms with Gasteiger partial charge in [-0.05, 0) is 45.0 Å². The predicted octanol–water partition coefficient (Wildman–Crippen LogP) is 2.18. The van der Waals surface area contributed by atoms with Gasteiger partial charge in [-0.2, -0.15) is 5.11 Å². The van der Waals surface area contributed by atoms with E-state index < -0.39 is 22.6 Å². The summed E-state index contributed by atoms with van der Waals surface area (Å²) in [6, 6.07) is -0.133. The molecule has 0 spiro atoms. The Morgan fingerprint density at radius 3 is 2.42 bits per heavy atom. The predicted molar refractivity (Wildman–Crippen MR) is 91.3 cm³/mol. The molecular formula is C16H25N5O3. The van der Waals surface area contributed by atoms with Gasteiger partial charge in [-0.15, -0.1) is 4.91 Å². The molecule has 1 atom stereocenters. The maximum absolute atomic E-state index is 11.9. The maximum atomic E-state index is 11.9. The zero-order chi connectivity index (χ0) is 18.4. The maximum Gasteiger partial charge on any atom is 0.227 e. The molecule has 0 radical (unpaired) electrons. The zero-order valence-corrected chi connectivity index (χ0v) is 14.7. The van der Waals surface area contributed by atoms with Gasteiger partial charge < -0.3 is 5.32 Å². The first kappa shape index (κ1) is 19.8. The first-order chi connectivity index (χ1) is 11.2. The van der Waals surface area contributed by atoms with E-state index in [0.29, 0.717) is 13.1 Å². The van der Waals surface area contributed by atoms with Crippen LogP contribution < -0.4 is 5.32 Å². The summed E-state index contributed by atoms with van der Waals surface area (Å²) < 4.78 is 0. The molecule has 0 aromatic carbocycles. The Balaban J connectivity index is 2.66. The molecule has 0 aliphatic heterocycles. The van der Waals surface area contributed by atoms with Gasteiger partial charge in [0.25, 0.3) is 0 Å². The van der Waals surface area contributed by atoms with Crippen LogP contribution in [0.1, 0.15) is 34.1 Å². The third-order valence-electron chi connectivity index (χ3n) is 3.83. The second-order valence-corrected chi connectivity index (χ2v) is 6.45. The molecule has 8 nitrogen and oxygen atoms in total. The van der Waals surface area contributed by atoms with Crippen molar-refractivity contribution in [3.05, 3.63) is 29.8 Å². The molecule has 0 heterocycles. The molecule has 0 bridgehead atoms. The fraction of sp³-hybridized carbons (Fsp3) is 0.625. The van der Waals surface area contributed by atoms with Crippen LogP contribution >= 0.6 is 0 Å². The molecule has 1 N–H and O–H groups in total. The molecule has 1 aliphatic rings. The molecule has 0 fully saturated rings. The molecule has 0 saturated heterocycles. The van der Waals surface area contributed by atoms with Crippen molar-refractivity contribution in [1.29, 1.82) is 0 Å². The summed E-state index contributed by atoms with van der Waals surface area (Å²) in [6.07, 6.45) is 3.81. The van der Waals surface area contributed by atoms with Crippen molar-refractivity contribution in [3.8, 4) is 0 Å². The largest absolute Gasteiger partial charge is 0.309 e. The first-order valence-corrected chi connectivity index (χ1v) is 7.87. The number of nitrogens with one attached hydrogen (secondary N) is 1. The summed E-state index contributed by atoms with van der Waals surface area (Å²) in [5, 5.41) is 15.9. The Bertz CT molecular complexity index is 550. The van der Waals surface area contributed by atoms with Gasteiger partial charge in [0.15, 0.2) is 11.6 Å². The van der Waals surface area contributed by atoms with E-state index in [9.17, 15) is 14.5 Å². The van der Waals surface area contributed by atoms with Crippen molar-refractivity contribution in [1.82, 2.24) is 10.3 Å². The van der Waals surface area contributed by atoms with Gasteiger partial charge in [-0.3, -0.25) is 14.6 Å². The second kappa shape index (κ2) is 8.05. The molecule has 1 aliphatic carbocycles. The third-order valence-corrected chi connectivity index (χ3v) is 3.83. The van der Waals surface area contributed by atoms with Crippen LogP contribution in [0.5, 0.6) is 0 Å². The van der Waals surface area contributed by atoms with E-state index in [1.807, 2.05) is 27.7 Å². The average molecular weight is 335 g/mol. The highest BCUT2D eigenvalue weighted by atomic mass is 16.3. The highest BCUT2D eigenvalue weighted by Gasteiger charge is 2.51. The van der Waals surface area contributed by atoms with Crippen LogP contribution in [0.15, 0.2) is 40.4 Å². The number of nitrogens with zero attached hydrogens (tertiary/aromatic N) is 4. The van der Waals surface area contributed by atoms with Crippen LogP contribution in [0, 0.1) is 4.91 Å². The van der Waals surface area contributed by atoms with Crippen molar-refractivity contribution in [2.75, 3.05) is 13.1 Å². The monoisotopic (exact) mass is 335 g/mol. The Morgan fingerprint density at radius 1 is 1.38 bits per heavy atom. The highest BCUT2D eigenvalue weighted by Crippen LogP contribution is 2.30. The van der Waals surface area contributed by atoms with E-state index >= 15 is 0 Å². The third kappa shape index (κ3) is 4.64. The Labute approximate surface area is 142 Å². The lowest BCUT2D eigenvalue weighted by Crippen LogP contribution is -2.52. The second-order valence-electron chi connectivity index (χ2n) is 6.45. The van der Waals surface area contributed by atoms with Crippen molar-refractivity contribution in [2.24, 2.45) is 15.5 Å². The average Bonchev–Trinajstić information content (AvgIpc) is 2.82. The fourth-order valence-corrected chi connectivity index (χ4v) is 2.40. The normalized spacial score (nSPS) is 18.2. The summed E-state index contributed by atoms with van der Waals surface area (Å²) in [5.74, 6) is -1.12. The van der Waals surface area contributed by atoms with Crippen LogP contribution in [0.2, 0.25) is 0 Å². The molecule has 0 aromatic heterocycles. The molecule has 132 valence electrons. The summed E-state index contributed by atoms with van der Waals surface area (Å²) in [4.78, 5) is 35.0. The van der Waals surface area contributed by atoms with Gasteiger partial charge in [0.05, 0.1) is 6.04 Å². The van der Waals surface area contributed by atoms with Crippen LogP contribution in [0.25, 0.3) is 0 Å². The van der Waals surface area contributed by atoms with E-state index in [0.717, 1.165) is 12.2 Å². The van der Waals surface area contributed by atoms with Crippen molar-refractivity contribution >= 4 is 11.6 Å².